The van der Waals surface area contributed by atoms with Gasteiger partial charge in [0.15, 0.2) is 0 Å². The topological polar surface area (TPSA) is 50.9 Å². The SMILES string of the molecule is CCn1ncnc1CC(O)c1cc(Cl)sc1Cl. The van der Waals surface area contributed by atoms with Gasteiger partial charge in [-0.25, -0.2) is 4.98 Å². The smallest absolute Gasteiger partial charge is 0.138 e. The molecule has 1 atom stereocenters. The minimum absolute atomic E-state index is 0.376. The maximum absolute atomic E-state index is 10.1. The molecule has 0 amide bonds. The second-order valence-corrected chi connectivity index (χ2v) is 5.78. The molecule has 17 heavy (non-hydrogen) atoms. The molecule has 0 aliphatic rings. The van der Waals surface area contributed by atoms with Crippen LogP contribution in [0.15, 0.2) is 12.4 Å². The lowest BCUT2D eigenvalue weighted by Gasteiger charge is -2.09. The minimum atomic E-state index is -0.708. The van der Waals surface area contributed by atoms with Gasteiger partial charge in [-0.15, -0.1) is 11.3 Å². The zero-order valence-electron chi connectivity index (χ0n) is 9.10. The number of hydrogen-bond acceptors (Lipinski definition) is 4. The van der Waals surface area contributed by atoms with Crippen LogP contribution in [0.2, 0.25) is 8.67 Å². The quantitative estimate of drug-likeness (QED) is 0.942. The number of hydrogen-bond donors (Lipinski definition) is 1. The van der Waals surface area contributed by atoms with E-state index in [1.54, 1.807) is 10.7 Å². The molecule has 0 aliphatic heterocycles. The monoisotopic (exact) mass is 291 g/mol. The summed E-state index contributed by atoms with van der Waals surface area (Å²) in [6, 6.07) is 1.69. The summed E-state index contributed by atoms with van der Waals surface area (Å²) in [7, 11) is 0. The molecule has 0 saturated heterocycles. The molecule has 4 nitrogen and oxygen atoms in total. The average molecular weight is 292 g/mol. The normalized spacial score (nSPS) is 12.9. The highest BCUT2D eigenvalue weighted by atomic mass is 35.5. The molecule has 0 fully saturated rings. The highest BCUT2D eigenvalue weighted by Crippen LogP contribution is 2.35. The number of halogens is 2. The van der Waals surface area contributed by atoms with Crippen molar-refractivity contribution in [3.05, 3.63) is 32.5 Å². The second kappa shape index (κ2) is 5.35. The van der Waals surface area contributed by atoms with E-state index in [1.165, 1.54) is 17.7 Å². The van der Waals surface area contributed by atoms with Gasteiger partial charge in [0.2, 0.25) is 0 Å². The van der Waals surface area contributed by atoms with E-state index in [2.05, 4.69) is 10.1 Å². The molecule has 2 rings (SSSR count). The summed E-state index contributed by atoms with van der Waals surface area (Å²) < 4.78 is 2.83. The van der Waals surface area contributed by atoms with Crippen molar-refractivity contribution in [3.8, 4) is 0 Å². The van der Waals surface area contributed by atoms with Crippen LogP contribution in [0.1, 0.15) is 24.4 Å². The fourth-order valence-corrected chi connectivity index (χ4v) is 3.14. The molecule has 0 spiro atoms. The summed E-state index contributed by atoms with van der Waals surface area (Å²) in [4.78, 5) is 4.11. The first kappa shape index (κ1) is 12.8. The lowest BCUT2D eigenvalue weighted by Crippen LogP contribution is -2.09. The molecule has 0 aromatic carbocycles. The fraction of sp³-hybridized carbons (Fsp3) is 0.400. The summed E-state index contributed by atoms with van der Waals surface area (Å²) in [6.07, 6.45) is 1.15. The van der Waals surface area contributed by atoms with Crippen molar-refractivity contribution in [1.82, 2.24) is 14.8 Å². The van der Waals surface area contributed by atoms with Crippen LogP contribution in [-0.2, 0) is 13.0 Å². The van der Waals surface area contributed by atoms with Crippen LogP contribution in [0.25, 0.3) is 0 Å². The van der Waals surface area contributed by atoms with E-state index in [-0.39, 0.29) is 0 Å². The molecule has 0 bridgehead atoms. The van der Waals surface area contributed by atoms with Crippen LogP contribution in [0.4, 0.5) is 0 Å². The fourth-order valence-electron chi connectivity index (χ4n) is 1.57. The average Bonchev–Trinajstić information content (AvgIpc) is 2.84. The summed E-state index contributed by atoms with van der Waals surface area (Å²) in [5, 5.41) is 14.1. The second-order valence-electron chi connectivity index (χ2n) is 3.49. The van der Waals surface area contributed by atoms with Crippen molar-refractivity contribution in [3.63, 3.8) is 0 Å². The van der Waals surface area contributed by atoms with Crippen LogP contribution in [0.5, 0.6) is 0 Å². The Morgan fingerprint density at radius 3 is 2.88 bits per heavy atom. The third-order valence-electron chi connectivity index (χ3n) is 2.41. The Hall–Kier alpha value is -0.620. The highest BCUT2D eigenvalue weighted by molar-refractivity contribution is 7.20. The van der Waals surface area contributed by atoms with Gasteiger partial charge in [-0.1, -0.05) is 23.2 Å². The Balaban J connectivity index is 2.17. The van der Waals surface area contributed by atoms with Crippen molar-refractivity contribution >= 4 is 34.5 Å². The van der Waals surface area contributed by atoms with E-state index < -0.39 is 6.10 Å². The van der Waals surface area contributed by atoms with E-state index in [4.69, 9.17) is 23.2 Å². The first-order chi connectivity index (χ1) is 8.11. The Labute approximate surface area is 113 Å². The zero-order valence-corrected chi connectivity index (χ0v) is 11.4. The van der Waals surface area contributed by atoms with E-state index in [1.807, 2.05) is 6.92 Å². The summed E-state index contributed by atoms with van der Waals surface area (Å²) in [6.45, 7) is 2.69. The molecule has 1 N–H and O–H groups in total. The van der Waals surface area contributed by atoms with Gasteiger partial charge in [0, 0.05) is 18.5 Å². The van der Waals surface area contributed by atoms with Gasteiger partial charge >= 0.3 is 0 Å². The molecule has 0 aliphatic carbocycles. The maximum atomic E-state index is 10.1. The van der Waals surface area contributed by atoms with Crippen molar-refractivity contribution in [2.75, 3.05) is 0 Å². The molecule has 2 aromatic rings. The molecule has 2 heterocycles. The Morgan fingerprint density at radius 1 is 1.53 bits per heavy atom. The van der Waals surface area contributed by atoms with Crippen LogP contribution >= 0.6 is 34.5 Å². The van der Waals surface area contributed by atoms with E-state index in [9.17, 15) is 5.11 Å². The van der Waals surface area contributed by atoms with Gasteiger partial charge in [0.05, 0.1) is 10.4 Å². The van der Waals surface area contributed by atoms with Crippen LogP contribution < -0.4 is 0 Å². The van der Waals surface area contributed by atoms with Gasteiger partial charge in [0.1, 0.15) is 16.5 Å². The van der Waals surface area contributed by atoms with Crippen molar-refractivity contribution < 1.29 is 5.11 Å². The van der Waals surface area contributed by atoms with E-state index >= 15 is 0 Å². The third-order valence-corrected chi connectivity index (χ3v) is 3.93. The lowest BCUT2D eigenvalue weighted by molar-refractivity contribution is 0.174. The predicted octanol–water partition coefficient (Wildman–Crippen LogP) is 2.94. The number of nitrogens with zero attached hydrogens (tertiary/aromatic N) is 3. The van der Waals surface area contributed by atoms with Crippen LogP contribution in [0.3, 0.4) is 0 Å². The number of aliphatic hydroxyl groups is 1. The lowest BCUT2D eigenvalue weighted by atomic mass is 10.1. The molecule has 1 unspecified atom stereocenters. The number of rotatable bonds is 4. The Morgan fingerprint density at radius 2 is 2.29 bits per heavy atom. The highest BCUT2D eigenvalue weighted by Gasteiger charge is 2.17. The van der Waals surface area contributed by atoms with Crippen LogP contribution in [0, 0.1) is 0 Å². The Kier molecular flexibility index (Phi) is 4.04. The molecular weight excluding hydrogens is 281 g/mol. The zero-order chi connectivity index (χ0) is 12.4. The molecular formula is C10H11Cl2N3OS. The standard InChI is InChI=1S/C10H11Cl2N3OS/c1-2-15-9(13-5-14-15)4-7(16)6-3-8(11)17-10(6)12/h3,5,7,16H,2,4H2,1H3. The first-order valence-electron chi connectivity index (χ1n) is 5.11. The molecule has 0 saturated carbocycles. The maximum Gasteiger partial charge on any atom is 0.138 e. The van der Waals surface area contributed by atoms with Gasteiger partial charge in [0.25, 0.3) is 0 Å². The molecule has 7 heteroatoms. The van der Waals surface area contributed by atoms with E-state index in [0.29, 0.717) is 20.7 Å². The molecule has 0 radical (unpaired) electrons. The Bertz CT molecular complexity index is 511. The predicted molar refractivity (Wildman–Crippen MR) is 68.7 cm³/mol. The number of aromatic nitrogens is 3. The van der Waals surface area contributed by atoms with Crippen molar-refractivity contribution in [2.24, 2.45) is 0 Å². The van der Waals surface area contributed by atoms with Gasteiger partial charge < -0.3 is 5.11 Å². The molecule has 2 aromatic heterocycles. The number of thiophene rings is 1. The minimum Gasteiger partial charge on any atom is -0.388 e. The van der Waals surface area contributed by atoms with Gasteiger partial charge in [-0.3, -0.25) is 4.68 Å². The van der Waals surface area contributed by atoms with Gasteiger partial charge in [-0.2, -0.15) is 5.10 Å². The largest absolute Gasteiger partial charge is 0.388 e. The van der Waals surface area contributed by atoms with E-state index in [0.717, 1.165) is 12.4 Å². The summed E-state index contributed by atoms with van der Waals surface area (Å²) in [5.74, 6) is 0.735. The van der Waals surface area contributed by atoms with Crippen LogP contribution in [-0.4, -0.2) is 19.9 Å². The number of aliphatic hydroxyl groups excluding tert-OH is 1. The number of aryl methyl sites for hydroxylation is 1. The molecule has 92 valence electrons. The third kappa shape index (κ3) is 2.80. The first-order valence-corrected chi connectivity index (χ1v) is 6.68. The summed E-state index contributed by atoms with van der Waals surface area (Å²) >= 11 is 13.1. The van der Waals surface area contributed by atoms with Gasteiger partial charge in [-0.05, 0) is 13.0 Å². The summed E-state index contributed by atoms with van der Waals surface area (Å²) in [5.41, 5.74) is 0.646. The van der Waals surface area contributed by atoms with Crippen molar-refractivity contribution in [2.45, 2.75) is 26.0 Å². The van der Waals surface area contributed by atoms with Crippen molar-refractivity contribution in [1.29, 1.82) is 0 Å².